The third-order valence-corrected chi connectivity index (χ3v) is 3.51. The van der Waals surface area contributed by atoms with E-state index < -0.39 is 0 Å². The van der Waals surface area contributed by atoms with E-state index in [4.69, 9.17) is 9.84 Å². The summed E-state index contributed by atoms with van der Waals surface area (Å²) in [5.41, 5.74) is 2.59. The van der Waals surface area contributed by atoms with Crippen LogP contribution in [0.2, 0.25) is 0 Å². The maximum atomic E-state index is 12.1. The molecule has 1 amide bonds. The van der Waals surface area contributed by atoms with Crippen molar-refractivity contribution in [1.82, 2.24) is 0 Å². The highest BCUT2D eigenvalue weighted by molar-refractivity contribution is 5.93. The number of aliphatic hydroxyl groups excluding tert-OH is 1. The van der Waals surface area contributed by atoms with Gasteiger partial charge in [-0.05, 0) is 44.0 Å². The zero-order chi connectivity index (χ0) is 14.5. The number of carbonyl (C=O) groups is 1. The molecule has 0 saturated carbocycles. The van der Waals surface area contributed by atoms with Gasteiger partial charge >= 0.3 is 0 Å². The minimum absolute atomic E-state index is 0.00333. The molecule has 2 atom stereocenters. The van der Waals surface area contributed by atoms with Crippen molar-refractivity contribution in [2.24, 2.45) is 5.92 Å². The summed E-state index contributed by atoms with van der Waals surface area (Å²) >= 11 is 0. The van der Waals surface area contributed by atoms with E-state index in [0.717, 1.165) is 23.2 Å². The lowest BCUT2D eigenvalue weighted by atomic mass is 10.0. The van der Waals surface area contributed by atoms with Crippen LogP contribution in [0.5, 0.6) is 0 Å². The third kappa shape index (κ3) is 3.38. The van der Waals surface area contributed by atoms with Crippen molar-refractivity contribution in [3.05, 3.63) is 29.3 Å². The number of hydrogen-bond donors (Lipinski definition) is 2. The summed E-state index contributed by atoms with van der Waals surface area (Å²) in [7, 11) is 0. The van der Waals surface area contributed by atoms with Crippen LogP contribution >= 0.6 is 0 Å². The highest BCUT2D eigenvalue weighted by Gasteiger charge is 2.30. The standard InChI is InChI=1S/C16H19NO3/c1-11-10-14(6-5-13(11)4-3-8-18)17-16(19)15-7-9-20-12(15)2/h5-6,10,12,15,18H,7-9H2,1-2H3,(H,17,19). The van der Waals surface area contributed by atoms with Gasteiger partial charge in [0.2, 0.25) is 5.91 Å². The summed E-state index contributed by atoms with van der Waals surface area (Å²) < 4.78 is 5.41. The molecule has 2 rings (SSSR count). The highest BCUT2D eigenvalue weighted by Crippen LogP contribution is 2.23. The van der Waals surface area contributed by atoms with Crippen LogP contribution in [0.15, 0.2) is 18.2 Å². The average molecular weight is 273 g/mol. The topological polar surface area (TPSA) is 58.6 Å². The number of aryl methyl sites for hydroxylation is 1. The van der Waals surface area contributed by atoms with Gasteiger partial charge in [0.1, 0.15) is 6.61 Å². The second-order valence-corrected chi connectivity index (χ2v) is 4.95. The Balaban J connectivity index is 2.06. The van der Waals surface area contributed by atoms with Gasteiger partial charge < -0.3 is 15.2 Å². The molecule has 0 spiro atoms. The Morgan fingerprint density at radius 1 is 1.55 bits per heavy atom. The molecule has 0 aromatic heterocycles. The predicted molar refractivity (Wildman–Crippen MR) is 77.3 cm³/mol. The molecular weight excluding hydrogens is 254 g/mol. The van der Waals surface area contributed by atoms with Crippen LogP contribution in [0, 0.1) is 24.7 Å². The summed E-state index contributed by atoms with van der Waals surface area (Å²) in [6.45, 7) is 4.35. The lowest BCUT2D eigenvalue weighted by Gasteiger charge is -2.14. The van der Waals surface area contributed by atoms with Crippen molar-refractivity contribution in [2.45, 2.75) is 26.4 Å². The molecule has 1 saturated heterocycles. The molecule has 1 aromatic carbocycles. The van der Waals surface area contributed by atoms with Gasteiger partial charge in [-0.15, -0.1) is 0 Å². The molecule has 2 unspecified atom stereocenters. The average Bonchev–Trinajstić information content (AvgIpc) is 2.84. The lowest BCUT2D eigenvalue weighted by molar-refractivity contribution is -0.121. The van der Waals surface area contributed by atoms with Crippen molar-refractivity contribution >= 4 is 11.6 Å². The second kappa shape index (κ2) is 6.56. The van der Waals surface area contributed by atoms with Gasteiger partial charge in [0.25, 0.3) is 0 Å². The number of amides is 1. The van der Waals surface area contributed by atoms with Crippen LogP contribution in [-0.4, -0.2) is 30.3 Å². The molecule has 1 aliphatic heterocycles. The molecule has 4 heteroatoms. The Bertz CT molecular complexity index is 557. The first kappa shape index (κ1) is 14.6. The predicted octanol–water partition coefficient (Wildman–Crippen LogP) is 1.70. The van der Waals surface area contributed by atoms with E-state index in [-0.39, 0.29) is 24.5 Å². The zero-order valence-corrected chi connectivity index (χ0v) is 11.8. The molecule has 1 aromatic rings. The van der Waals surface area contributed by atoms with Crippen LogP contribution in [0.3, 0.4) is 0 Å². The molecule has 1 aliphatic rings. The minimum atomic E-state index is -0.155. The Kier molecular flexibility index (Phi) is 4.78. The van der Waals surface area contributed by atoms with Crippen molar-refractivity contribution in [1.29, 1.82) is 0 Å². The number of carbonyl (C=O) groups excluding carboxylic acids is 1. The zero-order valence-electron chi connectivity index (χ0n) is 11.8. The van der Waals surface area contributed by atoms with Crippen molar-refractivity contribution in [3.63, 3.8) is 0 Å². The fraction of sp³-hybridized carbons (Fsp3) is 0.438. The number of rotatable bonds is 2. The van der Waals surface area contributed by atoms with E-state index in [9.17, 15) is 4.79 Å². The molecule has 20 heavy (non-hydrogen) atoms. The fourth-order valence-corrected chi connectivity index (χ4v) is 2.33. The van der Waals surface area contributed by atoms with E-state index in [1.807, 2.05) is 32.0 Å². The first-order valence-electron chi connectivity index (χ1n) is 6.74. The summed E-state index contributed by atoms with van der Waals surface area (Å²) in [6, 6.07) is 5.56. The second-order valence-electron chi connectivity index (χ2n) is 4.95. The molecular formula is C16H19NO3. The van der Waals surface area contributed by atoms with Crippen LogP contribution in [0.1, 0.15) is 24.5 Å². The monoisotopic (exact) mass is 273 g/mol. The van der Waals surface area contributed by atoms with Crippen LogP contribution in [0.25, 0.3) is 0 Å². The summed E-state index contributed by atoms with van der Waals surface area (Å²) in [4.78, 5) is 12.1. The Morgan fingerprint density at radius 3 is 2.95 bits per heavy atom. The molecule has 0 radical (unpaired) electrons. The smallest absolute Gasteiger partial charge is 0.230 e. The Morgan fingerprint density at radius 2 is 2.35 bits per heavy atom. The lowest BCUT2D eigenvalue weighted by Crippen LogP contribution is -2.27. The molecule has 1 heterocycles. The molecule has 106 valence electrons. The van der Waals surface area contributed by atoms with Gasteiger partial charge in [0, 0.05) is 17.9 Å². The maximum absolute atomic E-state index is 12.1. The summed E-state index contributed by atoms with van der Waals surface area (Å²) in [5.74, 6) is 5.41. The van der Waals surface area contributed by atoms with Gasteiger partial charge in [0.15, 0.2) is 0 Å². The van der Waals surface area contributed by atoms with Gasteiger partial charge in [-0.1, -0.05) is 11.8 Å². The number of nitrogens with one attached hydrogen (secondary N) is 1. The number of hydrogen-bond acceptors (Lipinski definition) is 3. The molecule has 0 aliphatic carbocycles. The Labute approximate surface area is 119 Å². The van der Waals surface area contributed by atoms with Crippen LogP contribution in [-0.2, 0) is 9.53 Å². The number of anilines is 1. The molecule has 0 bridgehead atoms. The molecule has 4 nitrogen and oxygen atoms in total. The summed E-state index contributed by atoms with van der Waals surface area (Å²) in [6.07, 6.45) is 0.747. The first-order chi connectivity index (χ1) is 9.61. The van der Waals surface area contributed by atoms with Gasteiger partial charge in [-0.3, -0.25) is 4.79 Å². The van der Waals surface area contributed by atoms with Gasteiger partial charge in [0.05, 0.1) is 12.0 Å². The van der Waals surface area contributed by atoms with Crippen LogP contribution in [0.4, 0.5) is 5.69 Å². The molecule has 2 N–H and O–H groups in total. The van der Waals surface area contributed by atoms with Gasteiger partial charge in [-0.2, -0.15) is 0 Å². The fourth-order valence-electron chi connectivity index (χ4n) is 2.33. The van der Waals surface area contributed by atoms with E-state index in [2.05, 4.69) is 17.2 Å². The SMILES string of the molecule is Cc1cc(NC(=O)C2CCOC2C)ccc1C#CCO. The largest absolute Gasteiger partial charge is 0.384 e. The highest BCUT2D eigenvalue weighted by atomic mass is 16.5. The minimum Gasteiger partial charge on any atom is -0.384 e. The third-order valence-electron chi connectivity index (χ3n) is 3.51. The number of ether oxygens (including phenoxy) is 1. The van der Waals surface area contributed by atoms with E-state index in [1.165, 1.54) is 0 Å². The normalized spacial score (nSPS) is 21.1. The maximum Gasteiger partial charge on any atom is 0.230 e. The summed E-state index contributed by atoms with van der Waals surface area (Å²) in [5, 5.41) is 11.6. The van der Waals surface area contributed by atoms with E-state index in [0.29, 0.717) is 6.61 Å². The van der Waals surface area contributed by atoms with Crippen molar-refractivity contribution < 1.29 is 14.6 Å². The van der Waals surface area contributed by atoms with E-state index >= 15 is 0 Å². The first-order valence-corrected chi connectivity index (χ1v) is 6.74. The van der Waals surface area contributed by atoms with Crippen LogP contribution < -0.4 is 5.32 Å². The number of aliphatic hydroxyl groups is 1. The van der Waals surface area contributed by atoms with Crippen molar-refractivity contribution in [3.8, 4) is 11.8 Å². The molecule has 1 fully saturated rings. The van der Waals surface area contributed by atoms with Gasteiger partial charge in [-0.25, -0.2) is 0 Å². The van der Waals surface area contributed by atoms with Crippen molar-refractivity contribution in [2.75, 3.05) is 18.5 Å². The Hall–Kier alpha value is -1.83. The quantitative estimate of drug-likeness (QED) is 0.806. The van der Waals surface area contributed by atoms with E-state index in [1.54, 1.807) is 0 Å². The number of benzene rings is 1.